The van der Waals surface area contributed by atoms with Crippen molar-refractivity contribution < 1.29 is 0 Å². The van der Waals surface area contributed by atoms with Crippen LogP contribution in [0.2, 0.25) is 0 Å². The van der Waals surface area contributed by atoms with Crippen molar-refractivity contribution in [2.45, 2.75) is 50.3 Å². The number of fused-ring (bicyclic) bond motifs is 1. The van der Waals surface area contributed by atoms with Gasteiger partial charge in [-0.05, 0) is 48.3 Å². The Morgan fingerprint density at radius 2 is 2.24 bits per heavy atom. The first-order valence-electron chi connectivity index (χ1n) is 8.29. The van der Waals surface area contributed by atoms with Crippen molar-refractivity contribution in [1.29, 1.82) is 0 Å². The van der Waals surface area contributed by atoms with Crippen LogP contribution in [0.5, 0.6) is 0 Å². The smallest absolute Gasteiger partial charge is 0.0195 e. The largest absolute Gasteiger partial charge is 0.252 e. The maximum atomic E-state index is 4.57. The number of allylic oxidation sites excluding steroid dienone is 1. The molecule has 0 radical (unpaired) electrons. The summed E-state index contributed by atoms with van der Waals surface area (Å²) in [5, 5.41) is 0. The minimum atomic E-state index is -0.00282. The standard InChI is InChI=1S/C19H27NS/c1-4-16-9-7-13-20(14-16)21(3)18-12-6-11-17-10-5-8-15(2)19(17)18/h5-6,10-12,15-16H,3-4,7-9,13-14H2,1-2H3. The monoisotopic (exact) mass is 301 g/mol. The van der Waals surface area contributed by atoms with Gasteiger partial charge in [0, 0.05) is 18.0 Å². The van der Waals surface area contributed by atoms with Crippen molar-refractivity contribution in [3.63, 3.8) is 0 Å². The highest BCUT2D eigenvalue weighted by molar-refractivity contribution is 8.12. The summed E-state index contributed by atoms with van der Waals surface area (Å²) in [7, 11) is -0.00282. The van der Waals surface area contributed by atoms with Gasteiger partial charge in [-0.2, -0.15) is 0 Å². The molecule has 0 spiro atoms. The maximum Gasteiger partial charge on any atom is 0.0195 e. The molecule has 2 heteroatoms. The van der Waals surface area contributed by atoms with Crippen molar-refractivity contribution >= 4 is 22.6 Å². The van der Waals surface area contributed by atoms with Crippen LogP contribution in [-0.4, -0.2) is 23.3 Å². The van der Waals surface area contributed by atoms with Crippen molar-refractivity contribution in [1.82, 2.24) is 4.31 Å². The molecular weight excluding hydrogens is 274 g/mol. The molecule has 0 saturated carbocycles. The Morgan fingerprint density at radius 1 is 1.38 bits per heavy atom. The van der Waals surface area contributed by atoms with Gasteiger partial charge in [0.05, 0.1) is 0 Å². The van der Waals surface area contributed by atoms with Crippen LogP contribution in [0.4, 0.5) is 0 Å². The molecule has 1 aliphatic heterocycles. The number of nitrogens with zero attached hydrogens (tertiary/aromatic N) is 1. The molecule has 114 valence electrons. The molecule has 1 aliphatic carbocycles. The van der Waals surface area contributed by atoms with E-state index in [1.165, 1.54) is 49.2 Å². The van der Waals surface area contributed by atoms with Crippen LogP contribution in [0.3, 0.4) is 0 Å². The summed E-state index contributed by atoms with van der Waals surface area (Å²) in [4.78, 5) is 1.49. The van der Waals surface area contributed by atoms with Crippen molar-refractivity contribution in [2.75, 3.05) is 13.1 Å². The van der Waals surface area contributed by atoms with Crippen LogP contribution in [-0.2, 0) is 0 Å². The molecule has 1 aromatic carbocycles. The summed E-state index contributed by atoms with van der Waals surface area (Å²) >= 11 is 0. The van der Waals surface area contributed by atoms with Crippen LogP contribution < -0.4 is 0 Å². The van der Waals surface area contributed by atoms with E-state index in [2.05, 4.69) is 54.4 Å². The van der Waals surface area contributed by atoms with Crippen LogP contribution in [0.1, 0.15) is 56.6 Å². The molecule has 3 unspecified atom stereocenters. The number of benzene rings is 1. The molecule has 21 heavy (non-hydrogen) atoms. The van der Waals surface area contributed by atoms with Gasteiger partial charge in [-0.1, -0.05) is 61.1 Å². The first-order chi connectivity index (χ1) is 10.2. The molecule has 0 amide bonds. The van der Waals surface area contributed by atoms with Crippen LogP contribution >= 0.6 is 10.7 Å². The van der Waals surface area contributed by atoms with E-state index in [0.29, 0.717) is 5.92 Å². The average molecular weight is 301 g/mol. The zero-order chi connectivity index (χ0) is 14.8. The molecule has 1 fully saturated rings. The van der Waals surface area contributed by atoms with Gasteiger partial charge in [-0.25, -0.2) is 0 Å². The third-order valence-electron chi connectivity index (χ3n) is 5.00. The SMILES string of the molecule is C=S(c1cccc2c1C(C)CC=C2)N1CCCC(CC)C1. The Labute approximate surface area is 132 Å². The second-order valence-electron chi connectivity index (χ2n) is 6.47. The average Bonchev–Trinajstić information content (AvgIpc) is 2.54. The molecule has 3 rings (SSSR count). The van der Waals surface area contributed by atoms with Gasteiger partial charge in [0.2, 0.25) is 0 Å². The predicted molar refractivity (Wildman–Crippen MR) is 96.1 cm³/mol. The lowest BCUT2D eigenvalue weighted by Crippen LogP contribution is -2.31. The van der Waals surface area contributed by atoms with E-state index < -0.39 is 0 Å². The van der Waals surface area contributed by atoms with E-state index in [0.717, 1.165) is 5.92 Å². The fraction of sp³-hybridized carbons (Fsp3) is 0.526. The summed E-state index contributed by atoms with van der Waals surface area (Å²) in [5.74, 6) is 6.07. The number of piperidine rings is 1. The van der Waals surface area contributed by atoms with E-state index in [4.69, 9.17) is 0 Å². The van der Waals surface area contributed by atoms with Crippen LogP contribution in [0, 0.1) is 5.92 Å². The lowest BCUT2D eigenvalue weighted by atomic mass is 9.88. The minimum Gasteiger partial charge on any atom is -0.252 e. The maximum absolute atomic E-state index is 4.57. The summed E-state index contributed by atoms with van der Waals surface area (Å²) in [6.07, 6.45) is 9.81. The zero-order valence-corrected chi connectivity index (χ0v) is 14.2. The number of rotatable bonds is 3. The lowest BCUT2D eigenvalue weighted by Gasteiger charge is -2.35. The van der Waals surface area contributed by atoms with E-state index in [1.807, 2.05) is 0 Å². The summed E-state index contributed by atoms with van der Waals surface area (Å²) in [6.45, 7) is 7.13. The second kappa shape index (κ2) is 6.50. The first-order valence-corrected chi connectivity index (χ1v) is 9.64. The summed E-state index contributed by atoms with van der Waals surface area (Å²) in [5.41, 5.74) is 2.97. The van der Waals surface area contributed by atoms with E-state index in [1.54, 1.807) is 5.56 Å². The fourth-order valence-corrected chi connectivity index (χ4v) is 5.48. The third kappa shape index (κ3) is 3.02. The highest BCUT2D eigenvalue weighted by Crippen LogP contribution is 2.42. The number of hydrogen-bond donors (Lipinski definition) is 0. The van der Waals surface area contributed by atoms with Gasteiger partial charge in [0.25, 0.3) is 0 Å². The minimum absolute atomic E-state index is 0.00282. The molecule has 2 aliphatic rings. The fourth-order valence-electron chi connectivity index (χ4n) is 3.66. The zero-order valence-electron chi connectivity index (χ0n) is 13.3. The highest BCUT2D eigenvalue weighted by Gasteiger charge is 2.24. The van der Waals surface area contributed by atoms with Gasteiger partial charge >= 0.3 is 0 Å². The molecule has 0 aromatic heterocycles. The van der Waals surface area contributed by atoms with Gasteiger partial charge < -0.3 is 0 Å². The van der Waals surface area contributed by atoms with Crippen LogP contribution in [0.25, 0.3) is 6.08 Å². The third-order valence-corrected chi connectivity index (χ3v) is 6.82. The van der Waals surface area contributed by atoms with E-state index >= 15 is 0 Å². The normalized spacial score (nSPS) is 27.3. The molecule has 1 saturated heterocycles. The van der Waals surface area contributed by atoms with E-state index in [-0.39, 0.29) is 10.7 Å². The molecule has 3 atom stereocenters. The van der Waals surface area contributed by atoms with Crippen molar-refractivity contribution in [3.8, 4) is 0 Å². The molecule has 0 N–H and O–H groups in total. The van der Waals surface area contributed by atoms with E-state index in [9.17, 15) is 0 Å². The predicted octanol–water partition coefficient (Wildman–Crippen LogP) is 5.30. The molecule has 1 nitrogen and oxygen atoms in total. The van der Waals surface area contributed by atoms with Crippen molar-refractivity contribution in [2.24, 2.45) is 5.92 Å². The topological polar surface area (TPSA) is 3.24 Å². The van der Waals surface area contributed by atoms with Gasteiger partial charge in [0.1, 0.15) is 0 Å². The molecule has 0 bridgehead atoms. The first kappa shape index (κ1) is 15.1. The second-order valence-corrected chi connectivity index (χ2v) is 8.15. The van der Waals surface area contributed by atoms with Gasteiger partial charge in [-0.15, -0.1) is 0 Å². The molecular formula is C19H27NS. The Balaban J connectivity index is 1.90. The Morgan fingerprint density at radius 3 is 3.05 bits per heavy atom. The molecule has 1 aromatic rings. The summed E-state index contributed by atoms with van der Waals surface area (Å²) < 4.78 is 2.64. The van der Waals surface area contributed by atoms with Crippen molar-refractivity contribution in [3.05, 3.63) is 35.4 Å². The molecule has 1 heterocycles. The Bertz CT molecular complexity index is 561. The quantitative estimate of drug-likeness (QED) is 0.684. The number of hydrogen-bond acceptors (Lipinski definition) is 1. The summed E-state index contributed by atoms with van der Waals surface area (Å²) in [6, 6.07) is 6.79. The van der Waals surface area contributed by atoms with Crippen LogP contribution in [0.15, 0.2) is 29.2 Å². The lowest BCUT2D eigenvalue weighted by molar-refractivity contribution is 0.278. The Hall–Kier alpha value is -0.860. The highest BCUT2D eigenvalue weighted by atomic mass is 32.2. The van der Waals surface area contributed by atoms with Gasteiger partial charge in [-0.3, -0.25) is 4.31 Å². The Kier molecular flexibility index (Phi) is 4.66. The van der Waals surface area contributed by atoms with Gasteiger partial charge in [0.15, 0.2) is 0 Å².